The van der Waals surface area contributed by atoms with Gasteiger partial charge >= 0.3 is 0 Å². The molecule has 15 heavy (non-hydrogen) atoms. The van der Waals surface area contributed by atoms with E-state index in [1.165, 1.54) is 5.69 Å². The molecule has 0 saturated carbocycles. The van der Waals surface area contributed by atoms with Gasteiger partial charge in [-0.1, -0.05) is 20.8 Å². The van der Waals surface area contributed by atoms with Crippen molar-refractivity contribution in [1.29, 1.82) is 5.26 Å². The second-order valence-corrected chi connectivity index (χ2v) is 4.55. The third-order valence-electron chi connectivity index (χ3n) is 2.77. The minimum Gasteiger partial charge on any atom is -0.334 e. The maximum absolute atomic E-state index is 9.04. The lowest BCUT2D eigenvalue weighted by molar-refractivity contribution is 0.492. The summed E-state index contributed by atoms with van der Waals surface area (Å²) < 4.78 is 2.18. The van der Waals surface area contributed by atoms with Gasteiger partial charge in [0.2, 0.25) is 0 Å². The van der Waals surface area contributed by atoms with Crippen molar-refractivity contribution in [3.05, 3.63) is 23.5 Å². The molecule has 0 aromatic carbocycles. The number of aromatic nitrogens is 1. The van der Waals surface area contributed by atoms with Crippen LogP contribution in [-0.4, -0.2) is 4.57 Å². The molecule has 1 aromatic heterocycles. The van der Waals surface area contributed by atoms with E-state index in [0.29, 0.717) is 12.0 Å². The van der Waals surface area contributed by atoms with E-state index in [1.807, 2.05) is 6.07 Å². The van der Waals surface area contributed by atoms with Crippen LogP contribution in [0.3, 0.4) is 0 Å². The number of nitriles is 1. The van der Waals surface area contributed by atoms with E-state index in [0.717, 1.165) is 18.5 Å². The second-order valence-electron chi connectivity index (χ2n) is 4.55. The summed E-state index contributed by atoms with van der Waals surface area (Å²) in [5.74, 6) is 0.634. The van der Waals surface area contributed by atoms with E-state index >= 15 is 0 Å². The van der Waals surface area contributed by atoms with Crippen LogP contribution in [0.1, 0.15) is 51.5 Å². The van der Waals surface area contributed by atoms with Gasteiger partial charge in [-0.3, -0.25) is 0 Å². The summed E-state index contributed by atoms with van der Waals surface area (Å²) in [6.45, 7) is 8.75. The molecule has 0 amide bonds. The van der Waals surface area contributed by atoms with E-state index < -0.39 is 0 Å². The summed E-state index contributed by atoms with van der Waals surface area (Å²) >= 11 is 0. The Hall–Kier alpha value is -1.23. The summed E-state index contributed by atoms with van der Waals surface area (Å²) in [7, 11) is 0. The van der Waals surface area contributed by atoms with Crippen LogP contribution in [0.15, 0.2) is 12.1 Å². The first-order valence-corrected chi connectivity index (χ1v) is 5.70. The van der Waals surface area contributed by atoms with Crippen LogP contribution in [0.2, 0.25) is 0 Å². The van der Waals surface area contributed by atoms with Gasteiger partial charge < -0.3 is 4.57 Å². The molecule has 0 aliphatic carbocycles. The van der Waals surface area contributed by atoms with Gasteiger partial charge in [0.05, 0.1) is 0 Å². The van der Waals surface area contributed by atoms with Crippen LogP contribution in [-0.2, 0) is 6.42 Å². The molecule has 0 fully saturated rings. The van der Waals surface area contributed by atoms with Crippen molar-refractivity contribution in [2.24, 2.45) is 5.92 Å². The molecule has 0 radical (unpaired) electrons. The number of nitrogens with zero attached hydrogens (tertiary/aromatic N) is 2. The third kappa shape index (κ3) is 2.62. The molecule has 82 valence electrons. The summed E-state index contributed by atoms with van der Waals surface area (Å²) in [5.41, 5.74) is 2.08. The lowest BCUT2D eigenvalue weighted by Crippen LogP contribution is -2.11. The van der Waals surface area contributed by atoms with Crippen molar-refractivity contribution in [2.75, 3.05) is 0 Å². The lowest BCUT2D eigenvalue weighted by atomic mass is 10.1. The molecule has 1 rings (SSSR count). The predicted molar refractivity (Wildman–Crippen MR) is 62.7 cm³/mol. The van der Waals surface area contributed by atoms with Crippen molar-refractivity contribution in [3.8, 4) is 6.07 Å². The topological polar surface area (TPSA) is 28.7 Å². The number of rotatable bonds is 4. The molecule has 0 bridgehead atoms. The Kier molecular flexibility index (Phi) is 3.96. The highest BCUT2D eigenvalue weighted by Crippen LogP contribution is 2.20. The van der Waals surface area contributed by atoms with Crippen molar-refractivity contribution in [2.45, 2.75) is 46.6 Å². The van der Waals surface area contributed by atoms with Crippen molar-refractivity contribution in [1.82, 2.24) is 4.57 Å². The Morgan fingerprint density at radius 3 is 2.47 bits per heavy atom. The van der Waals surface area contributed by atoms with Gasteiger partial charge in [0.25, 0.3) is 0 Å². The maximum atomic E-state index is 9.04. The first kappa shape index (κ1) is 11.8. The van der Waals surface area contributed by atoms with Crippen molar-refractivity contribution >= 4 is 0 Å². The largest absolute Gasteiger partial charge is 0.334 e. The Balaban J connectivity index is 3.07. The molecule has 0 unspecified atom stereocenters. The molecule has 2 heteroatoms. The van der Waals surface area contributed by atoms with Gasteiger partial charge in [-0.05, 0) is 37.8 Å². The third-order valence-corrected chi connectivity index (χ3v) is 2.77. The molecule has 0 N–H and O–H groups in total. The van der Waals surface area contributed by atoms with E-state index in [-0.39, 0.29) is 0 Å². The van der Waals surface area contributed by atoms with Crippen LogP contribution in [0, 0.1) is 17.2 Å². The molecule has 0 spiro atoms. The molecule has 1 aromatic rings. The molecule has 0 aliphatic heterocycles. The molecular formula is C13H20N2. The zero-order chi connectivity index (χ0) is 11.4. The molecule has 1 heterocycles. The fourth-order valence-electron chi connectivity index (χ4n) is 1.87. The summed E-state index contributed by atoms with van der Waals surface area (Å²) in [6.07, 6.45) is 2.11. The Labute approximate surface area is 92.5 Å². The van der Waals surface area contributed by atoms with Crippen molar-refractivity contribution in [3.63, 3.8) is 0 Å². The minimum atomic E-state index is 0.420. The van der Waals surface area contributed by atoms with Gasteiger partial charge in [0, 0.05) is 11.7 Å². The van der Waals surface area contributed by atoms with Crippen LogP contribution in [0.25, 0.3) is 0 Å². The standard InChI is InChI=1S/C13H20N2/c1-5-11(4)15-12(8-10(2)3)6-7-13(15)9-14/h6-7,10-11H,5,8H2,1-4H3/t11-/m1/s1. The van der Waals surface area contributed by atoms with E-state index in [4.69, 9.17) is 5.26 Å². The minimum absolute atomic E-state index is 0.420. The van der Waals surface area contributed by atoms with Crippen LogP contribution in [0.4, 0.5) is 0 Å². The molecule has 0 saturated heterocycles. The summed E-state index contributed by atoms with van der Waals surface area (Å²) in [6, 6.07) is 6.71. The van der Waals surface area contributed by atoms with E-state index in [1.54, 1.807) is 0 Å². The van der Waals surface area contributed by atoms with Gasteiger partial charge in [-0.25, -0.2) is 0 Å². The fraction of sp³-hybridized carbons (Fsp3) is 0.615. The Morgan fingerprint density at radius 1 is 1.33 bits per heavy atom. The van der Waals surface area contributed by atoms with Crippen LogP contribution < -0.4 is 0 Å². The quantitative estimate of drug-likeness (QED) is 0.737. The zero-order valence-corrected chi connectivity index (χ0v) is 10.1. The molecule has 2 nitrogen and oxygen atoms in total. The first-order valence-electron chi connectivity index (χ1n) is 5.70. The van der Waals surface area contributed by atoms with Crippen LogP contribution >= 0.6 is 0 Å². The molecular weight excluding hydrogens is 184 g/mol. The highest BCUT2D eigenvalue weighted by atomic mass is 15.0. The molecule has 0 aliphatic rings. The van der Waals surface area contributed by atoms with E-state index in [2.05, 4.69) is 44.4 Å². The normalized spacial score (nSPS) is 12.8. The average Bonchev–Trinajstić information content (AvgIpc) is 2.58. The van der Waals surface area contributed by atoms with Gasteiger partial charge in [-0.2, -0.15) is 5.26 Å². The molecule has 1 atom stereocenters. The Bertz CT molecular complexity index is 355. The predicted octanol–water partition coefficient (Wildman–Crippen LogP) is 3.53. The van der Waals surface area contributed by atoms with Crippen molar-refractivity contribution < 1.29 is 0 Å². The fourth-order valence-corrected chi connectivity index (χ4v) is 1.87. The number of hydrogen-bond acceptors (Lipinski definition) is 1. The van der Waals surface area contributed by atoms with Gasteiger partial charge in [0.1, 0.15) is 11.8 Å². The second kappa shape index (κ2) is 5.02. The smallest absolute Gasteiger partial charge is 0.120 e. The highest BCUT2D eigenvalue weighted by Gasteiger charge is 2.13. The van der Waals surface area contributed by atoms with E-state index in [9.17, 15) is 0 Å². The highest BCUT2D eigenvalue weighted by molar-refractivity contribution is 5.28. The summed E-state index contributed by atoms with van der Waals surface area (Å²) in [5, 5.41) is 9.04. The monoisotopic (exact) mass is 204 g/mol. The average molecular weight is 204 g/mol. The maximum Gasteiger partial charge on any atom is 0.120 e. The van der Waals surface area contributed by atoms with Gasteiger partial charge in [0.15, 0.2) is 0 Å². The van der Waals surface area contributed by atoms with Crippen LogP contribution in [0.5, 0.6) is 0 Å². The lowest BCUT2D eigenvalue weighted by Gasteiger charge is -2.18. The Morgan fingerprint density at radius 2 is 2.00 bits per heavy atom. The first-order chi connectivity index (χ1) is 7.10. The summed E-state index contributed by atoms with van der Waals surface area (Å²) in [4.78, 5) is 0. The number of hydrogen-bond donors (Lipinski definition) is 0. The SMILES string of the molecule is CC[C@@H](C)n1c(C#N)ccc1CC(C)C. The zero-order valence-electron chi connectivity index (χ0n) is 10.1. The van der Waals surface area contributed by atoms with Gasteiger partial charge in [-0.15, -0.1) is 0 Å².